The average Bonchev–Trinajstić information content (AvgIpc) is 3.35. The van der Waals surface area contributed by atoms with E-state index in [1.807, 2.05) is 37.3 Å². The van der Waals surface area contributed by atoms with Gasteiger partial charge in [0.15, 0.2) is 6.61 Å². The summed E-state index contributed by atoms with van der Waals surface area (Å²) in [5.41, 5.74) is 0.710. The van der Waals surface area contributed by atoms with Crippen LogP contribution in [-0.2, 0) is 16.1 Å². The largest absolute Gasteiger partial charge is 0.490 e. The number of nitrogens with zero attached hydrogens (tertiary/aromatic N) is 2. The van der Waals surface area contributed by atoms with Crippen molar-refractivity contribution < 1.29 is 24.0 Å². The van der Waals surface area contributed by atoms with Crippen molar-refractivity contribution in [2.75, 3.05) is 13.7 Å². The van der Waals surface area contributed by atoms with Crippen LogP contribution in [0.4, 0.5) is 5.69 Å². The molecule has 1 fully saturated rings. The van der Waals surface area contributed by atoms with Crippen molar-refractivity contribution in [2.45, 2.75) is 57.7 Å². The molecular formula is C25H31N3O6. The molecule has 9 nitrogen and oxygen atoms in total. The number of nitrogens with one attached hydrogen (secondary N) is 1. The Hall–Kier alpha value is -3.62. The number of carbonyl (C=O) groups excluding carboxylic acids is 2. The maximum atomic E-state index is 13.3. The smallest absolute Gasteiger partial charge is 0.311 e. The first kappa shape index (κ1) is 25.0. The minimum Gasteiger partial charge on any atom is -0.490 e. The molecule has 1 atom stereocenters. The molecule has 2 aromatic carbocycles. The Morgan fingerprint density at radius 2 is 1.88 bits per heavy atom. The summed E-state index contributed by atoms with van der Waals surface area (Å²) >= 11 is 0. The summed E-state index contributed by atoms with van der Waals surface area (Å²) < 4.78 is 10.7. The third-order valence-corrected chi connectivity index (χ3v) is 5.99. The predicted octanol–water partition coefficient (Wildman–Crippen LogP) is 3.85. The normalized spacial score (nSPS) is 14.3. The molecule has 9 heteroatoms. The van der Waals surface area contributed by atoms with Gasteiger partial charge in [0, 0.05) is 24.7 Å². The Bertz CT molecular complexity index is 991. The minimum absolute atomic E-state index is 0.0402. The Morgan fingerprint density at radius 1 is 1.18 bits per heavy atom. The molecule has 0 spiro atoms. The zero-order valence-corrected chi connectivity index (χ0v) is 19.6. The fraction of sp³-hybridized carbons (Fsp3) is 0.440. The average molecular weight is 470 g/mol. The summed E-state index contributed by atoms with van der Waals surface area (Å²) in [7, 11) is 1.33. The first-order valence-corrected chi connectivity index (χ1v) is 11.5. The molecule has 1 aliphatic rings. The monoisotopic (exact) mass is 469 g/mol. The first-order chi connectivity index (χ1) is 16.4. The van der Waals surface area contributed by atoms with E-state index in [4.69, 9.17) is 9.47 Å². The van der Waals surface area contributed by atoms with Gasteiger partial charge in [0.25, 0.3) is 5.91 Å². The van der Waals surface area contributed by atoms with E-state index in [1.54, 1.807) is 4.90 Å². The van der Waals surface area contributed by atoms with Gasteiger partial charge in [-0.15, -0.1) is 0 Å². The summed E-state index contributed by atoms with van der Waals surface area (Å²) in [6.07, 6.45) is 4.57. The molecular weight excluding hydrogens is 438 g/mol. The van der Waals surface area contributed by atoms with Gasteiger partial charge in [-0.05, 0) is 30.9 Å². The number of nitro benzene ring substituents is 1. The molecule has 0 radical (unpaired) electrons. The molecule has 0 heterocycles. The molecule has 3 rings (SSSR count). The Morgan fingerprint density at radius 3 is 2.50 bits per heavy atom. The number of hydrogen-bond acceptors (Lipinski definition) is 6. The lowest BCUT2D eigenvalue weighted by molar-refractivity contribution is -0.385. The van der Waals surface area contributed by atoms with Gasteiger partial charge in [0.05, 0.1) is 12.0 Å². The van der Waals surface area contributed by atoms with E-state index in [-0.39, 0.29) is 48.2 Å². The van der Waals surface area contributed by atoms with Gasteiger partial charge in [-0.2, -0.15) is 0 Å². The number of amides is 2. The standard InChI is InChI=1S/C25H31N3O6/c1-3-21(25(30)26-19-11-7-8-12-19)27(16-18-9-5-4-6-10-18)24(29)17-34-20-13-14-22(28(31)32)23(15-20)33-2/h4-6,9-10,13-15,19,21H,3,7-8,11-12,16-17H2,1-2H3,(H,26,30). The van der Waals surface area contributed by atoms with Crippen molar-refractivity contribution >= 4 is 17.5 Å². The first-order valence-electron chi connectivity index (χ1n) is 11.5. The lowest BCUT2D eigenvalue weighted by atomic mass is 10.1. The Balaban J connectivity index is 1.75. The molecule has 1 saturated carbocycles. The maximum Gasteiger partial charge on any atom is 0.311 e. The molecule has 34 heavy (non-hydrogen) atoms. The van der Waals surface area contributed by atoms with E-state index in [2.05, 4.69) is 5.32 Å². The SMILES string of the molecule is CCC(C(=O)NC1CCCC1)N(Cc1ccccc1)C(=O)COc1ccc([N+](=O)[O-])c(OC)c1. The van der Waals surface area contributed by atoms with Gasteiger partial charge in [-0.1, -0.05) is 50.1 Å². The Kier molecular flexibility index (Phi) is 8.84. The second-order valence-electron chi connectivity index (χ2n) is 8.30. The van der Waals surface area contributed by atoms with Crippen LogP contribution >= 0.6 is 0 Å². The number of hydrogen-bond donors (Lipinski definition) is 1. The van der Waals surface area contributed by atoms with Crippen molar-refractivity contribution in [1.29, 1.82) is 0 Å². The fourth-order valence-corrected chi connectivity index (χ4v) is 4.19. The van der Waals surface area contributed by atoms with Crippen molar-refractivity contribution in [1.82, 2.24) is 10.2 Å². The topological polar surface area (TPSA) is 111 Å². The third-order valence-electron chi connectivity index (χ3n) is 5.99. The highest BCUT2D eigenvalue weighted by Gasteiger charge is 2.31. The van der Waals surface area contributed by atoms with E-state index in [9.17, 15) is 19.7 Å². The third kappa shape index (κ3) is 6.46. The van der Waals surface area contributed by atoms with E-state index in [1.165, 1.54) is 25.3 Å². The lowest BCUT2D eigenvalue weighted by Crippen LogP contribution is -2.52. The van der Waals surface area contributed by atoms with Crippen LogP contribution in [0.25, 0.3) is 0 Å². The van der Waals surface area contributed by atoms with Gasteiger partial charge in [-0.3, -0.25) is 19.7 Å². The van der Waals surface area contributed by atoms with Gasteiger partial charge in [0.2, 0.25) is 11.7 Å². The van der Waals surface area contributed by atoms with Gasteiger partial charge in [-0.25, -0.2) is 0 Å². The maximum absolute atomic E-state index is 13.3. The van der Waals surface area contributed by atoms with Crippen molar-refractivity contribution in [3.05, 3.63) is 64.2 Å². The Labute approximate surface area is 199 Å². The molecule has 182 valence electrons. The molecule has 0 aliphatic heterocycles. The van der Waals surface area contributed by atoms with Crippen LogP contribution in [0.5, 0.6) is 11.5 Å². The lowest BCUT2D eigenvalue weighted by Gasteiger charge is -2.31. The van der Waals surface area contributed by atoms with E-state index in [0.29, 0.717) is 6.42 Å². The number of methoxy groups -OCH3 is 1. The van der Waals surface area contributed by atoms with Gasteiger partial charge >= 0.3 is 5.69 Å². The van der Waals surface area contributed by atoms with E-state index < -0.39 is 11.0 Å². The van der Waals surface area contributed by atoms with E-state index >= 15 is 0 Å². The van der Waals surface area contributed by atoms with Crippen LogP contribution in [0, 0.1) is 10.1 Å². The molecule has 1 unspecified atom stereocenters. The van der Waals surface area contributed by atoms with Crippen LogP contribution in [0.15, 0.2) is 48.5 Å². The molecule has 1 aliphatic carbocycles. The summed E-state index contributed by atoms with van der Waals surface area (Å²) in [6, 6.07) is 13.1. The van der Waals surface area contributed by atoms with Gasteiger partial charge < -0.3 is 19.7 Å². The summed E-state index contributed by atoms with van der Waals surface area (Å²) in [6.45, 7) is 1.83. The van der Waals surface area contributed by atoms with Gasteiger partial charge in [0.1, 0.15) is 11.8 Å². The summed E-state index contributed by atoms with van der Waals surface area (Å²) in [5, 5.41) is 14.2. The van der Waals surface area contributed by atoms with Crippen molar-refractivity contribution in [3.8, 4) is 11.5 Å². The minimum atomic E-state index is -0.636. The number of ether oxygens (including phenoxy) is 2. The molecule has 0 saturated heterocycles. The second-order valence-corrected chi connectivity index (χ2v) is 8.30. The zero-order valence-electron chi connectivity index (χ0n) is 19.6. The number of nitro groups is 1. The van der Waals surface area contributed by atoms with Crippen LogP contribution in [0.3, 0.4) is 0 Å². The summed E-state index contributed by atoms with van der Waals surface area (Å²) in [5.74, 6) is -0.206. The van der Waals surface area contributed by atoms with Crippen LogP contribution in [0.1, 0.15) is 44.6 Å². The molecule has 0 aromatic heterocycles. The second kappa shape index (κ2) is 12.0. The molecule has 2 aromatic rings. The van der Waals surface area contributed by atoms with Crippen molar-refractivity contribution in [2.24, 2.45) is 0 Å². The quantitative estimate of drug-likeness (QED) is 0.395. The highest BCUT2D eigenvalue weighted by atomic mass is 16.6. The number of carbonyl (C=O) groups is 2. The van der Waals surface area contributed by atoms with Crippen LogP contribution in [-0.4, -0.2) is 47.4 Å². The zero-order chi connectivity index (χ0) is 24.5. The number of rotatable bonds is 11. The van der Waals surface area contributed by atoms with Crippen LogP contribution in [0.2, 0.25) is 0 Å². The summed E-state index contributed by atoms with van der Waals surface area (Å²) in [4.78, 5) is 38.5. The van der Waals surface area contributed by atoms with E-state index in [0.717, 1.165) is 31.2 Å². The highest BCUT2D eigenvalue weighted by molar-refractivity contribution is 5.88. The number of benzene rings is 2. The molecule has 1 N–H and O–H groups in total. The highest BCUT2D eigenvalue weighted by Crippen LogP contribution is 2.30. The fourth-order valence-electron chi connectivity index (χ4n) is 4.19. The molecule has 0 bridgehead atoms. The van der Waals surface area contributed by atoms with Crippen LogP contribution < -0.4 is 14.8 Å². The molecule has 2 amide bonds. The predicted molar refractivity (Wildman–Crippen MR) is 127 cm³/mol. The van der Waals surface area contributed by atoms with Crippen molar-refractivity contribution in [3.63, 3.8) is 0 Å².